The standard InChI is InChI=1S/C23H28FN3O3S/c1-15-5-10-21(24)22(12-15)27-11-3-4-18(14-27)25-23(28)20-13-19(9-6-16(20)2)31(29,30)26-17-7-8-17/h5-6,9-10,12-13,17-18,26H,3-4,7-8,11,14H2,1-2H3,(H,25,28). The van der Waals surface area contributed by atoms with E-state index in [1.54, 1.807) is 19.1 Å². The first-order chi connectivity index (χ1) is 14.7. The molecule has 6 nitrogen and oxygen atoms in total. The number of rotatable bonds is 6. The molecule has 1 aliphatic carbocycles. The topological polar surface area (TPSA) is 78.5 Å². The molecule has 2 aromatic rings. The van der Waals surface area contributed by atoms with Crippen LogP contribution in [0.4, 0.5) is 10.1 Å². The van der Waals surface area contributed by atoms with Crippen molar-refractivity contribution in [3.8, 4) is 0 Å². The quantitative estimate of drug-likeness (QED) is 0.715. The third-order valence-electron chi connectivity index (χ3n) is 5.86. The Balaban J connectivity index is 1.48. The van der Waals surface area contributed by atoms with Crippen LogP contribution in [0.5, 0.6) is 0 Å². The second kappa shape index (κ2) is 8.59. The number of carbonyl (C=O) groups is 1. The second-order valence-electron chi connectivity index (χ2n) is 8.59. The van der Waals surface area contributed by atoms with Crippen molar-refractivity contribution in [3.05, 3.63) is 58.9 Å². The molecule has 1 unspecified atom stereocenters. The molecule has 1 amide bonds. The Morgan fingerprint density at radius 2 is 1.84 bits per heavy atom. The van der Waals surface area contributed by atoms with Gasteiger partial charge >= 0.3 is 0 Å². The number of benzene rings is 2. The largest absolute Gasteiger partial charge is 0.367 e. The molecule has 0 radical (unpaired) electrons. The lowest BCUT2D eigenvalue weighted by atomic mass is 10.0. The number of hydrogen-bond acceptors (Lipinski definition) is 4. The van der Waals surface area contributed by atoms with Gasteiger partial charge < -0.3 is 10.2 Å². The Bertz CT molecular complexity index is 1100. The smallest absolute Gasteiger partial charge is 0.251 e. The van der Waals surface area contributed by atoms with Crippen LogP contribution in [-0.4, -0.2) is 39.5 Å². The summed E-state index contributed by atoms with van der Waals surface area (Å²) in [6.45, 7) is 4.95. The first-order valence-corrected chi connectivity index (χ1v) is 12.2. The van der Waals surface area contributed by atoms with Gasteiger partial charge in [0.05, 0.1) is 10.6 Å². The van der Waals surface area contributed by atoms with Gasteiger partial charge in [0, 0.05) is 30.7 Å². The van der Waals surface area contributed by atoms with Gasteiger partial charge in [-0.05, 0) is 74.9 Å². The van der Waals surface area contributed by atoms with E-state index in [9.17, 15) is 17.6 Å². The SMILES string of the molecule is Cc1ccc(F)c(N2CCCC(NC(=O)c3cc(S(=O)(=O)NC4CC4)ccc3C)C2)c1. The van der Waals surface area contributed by atoms with Gasteiger partial charge in [-0.1, -0.05) is 12.1 Å². The molecule has 166 valence electrons. The van der Waals surface area contributed by atoms with E-state index in [0.29, 0.717) is 23.4 Å². The molecule has 4 rings (SSSR count). The third-order valence-corrected chi connectivity index (χ3v) is 7.38. The van der Waals surface area contributed by atoms with E-state index in [0.717, 1.165) is 37.8 Å². The van der Waals surface area contributed by atoms with Crippen molar-refractivity contribution in [3.63, 3.8) is 0 Å². The summed E-state index contributed by atoms with van der Waals surface area (Å²) in [5, 5.41) is 3.02. The zero-order valence-corrected chi connectivity index (χ0v) is 18.6. The van der Waals surface area contributed by atoms with Crippen LogP contribution < -0.4 is 14.9 Å². The van der Waals surface area contributed by atoms with Crippen molar-refractivity contribution in [2.24, 2.45) is 0 Å². The highest BCUT2D eigenvalue weighted by Gasteiger charge is 2.29. The lowest BCUT2D eigenvalue weighted by Crippen LogP contribution is -2.48. The molecular weight excluding hydrogens is 417 g/mol. The summed E-state index contributed by atoms with van der Waals surface area (Å²) < 4.78 is 42.0. The van der Waals surface area contributed by atoms with Crippen molar-refractivity contribution in [2.45, 2.75) is 56.5 Å². The maximum atomic E-state index is 14.3. The lowest BCUT2D eigenvalue weighted by Gasteiger charge is -2.35. The minimum Gasteiger partial charge on any atom is -0.367 e. The Morgan fingerprint density at radius 3 is 2.58 bits per heavy atom. The number of amides is 1. The monoisotopic (exact) mass is 445 g/mol. The maximum Gasteiger partial charge on any atom is 0.251 e. The first-order valence-electron chi connectivity index (χ1n) is 10.7. The molecule has 1 aliphatic heterocycles. The predicted octanol–water partition coefficient (Wildman–Crippen LogP) is 3.28. The molecule has 31 heavy (non-hydrogen) atoms. The summed E-state index contributed by atoms with van der Waals surface area (Å²) >= 11 is 0. The number of nitrogens with zero attached hydrogens (tertiary/aromatic N) is 1. The van der Waals surface area contributed by atoms with E-state index in [2.05, 4.69) is 10.0 Å². The van der Waals surface area contributed by atoms with Gasteiger partial charge in [0.1, 0.15) is 5.82 Å². The van der Waals surface area contributed by atoms with Crippen LogP contribution in [0.15, 0.2) is 41.3 Å². The van der Waals surface area contributed by atoms with Crippen molar-refractivity contribution in [2.75, 3.05) is 18.0 Å². The first kappa shape index (κ1) is 21.8. The van der Waals surface area contributed by atoms with E-state index < -0.39 is 10.0 Å². The number of piperidine rings is 1. The molecule has 1 heterocycles. The van der Waals surface area contributed by atoms with Gasteiger partial charge in [0.2, 0.25) is 10.0 Å². The van der Waals surface area contributed by atoms with Crippen LogP contribution in [0.3, 0.4) is 0 Å². The zero-order valence-electron chi connectivity index (χ0n) is 17.8. The minimum atomic E-state index is -3.64. The fourth-order valence-electron chi connectivity index (χ4n) is 3.94. The van der Waals surface area contributed by atoms with Crippen molar-refractivity contribution in [1.82, 2.24) is 10.0 Å². The summed E-state index contributed by atoms with van der Waals surface area (Å²) in [6.07, 6.45) is 3.31. The predicted molar refractivity (Wildman–Crippen MR) is 118 cm³/mol. The fraction of sp³-hybridized carbons (Fsp3) is 0.435. The molecule has 0 spiro atoms. The molecule has 1 atom stereocenters. The lowest BCUT2D eigenvalue weighted by molar-refractivity contribution is 0.0932. The van der Waals surface area contributed by atoms with E-state index in [-0.39, 0.29) is 28.7 Å². The number of sulfonamides is 1. The molecule has 0 aromatic heterocycles. The third kappa shape index (κ3) is 5.07. The summed E-state index contributed by atoms with van der Waals surface area (Å²) in [6, 6.07) is 9.51. The molecular formula is C23H28FN3O3S. The van der Waals surface area contributed by atoms with Crippen LogP contribution >= 0.6 is 0 Å². The fourth-order valence-corrected chi connectivity index (χ4v) is 5.27. The van der Waals surface area contributed by atoms with Gasteiger partial charge in [-0.15, -0.1) is 0 Å². The normalized spacial score (nSPS) is 19.3. The van der Waals surface area contributed by atoms with Gasteiger partial charge in [0.15, 0.2) is 0 Å². The number of anilines is 1. The zero-order chi connectivity index (χ0) is 22.2. The van der Waals surface area contributed by atoms with Gasteiger partial charge in [0.25, 0.3) is 5.91 Å². The van der Waals surface area contributed by atoms with E-state index in [4.69, 9.17) is 0 Å². The van der Waals surface area contributed by atoms with Crippen molar-refractivity contribution >= 4 is 21.6 Å². The number of nitrogens with one attached hydrogen (secondary N) is 2. The molecule has 1 saturated heterocycles. The Hall–Kier alpha value is -2.45. The maximum absolute atomic E-state index is 14.3. The van der Waals surface area contributed by atoms with Crippen molar-refractivity contribution < 1.29 is 17.6 Å². The Morgan fingerprint density at radius 1 is 1.06 bits per heavy atom. The number of halogens is 1. The molecule has 2 aromatic carbocycles. The summed E-state index contributed by atoms with van der Waals surface area (Å²) in [4.78, 5) is 15.1. The van der Waals surface area contributed by atoms with Crippen LogP contribution in [0.2, 0.25) is 0 Å². The average molecular weight is 446 g/mol. The van der Waals surface area contributed by atoms with Gasteiger partial charge in [-0.25, -0.2) is 17.5 Å². The molecule has 1 saturated carbocycles. The molecule has 8 heteroatoms. The van der Waals surface area contributed by atoms with Crippen LogP contribution in [0.25, 0.3) is 0 Å². The van der Waals surface area contributed by atoms with Crippen LogP contribution in [0.1, 0.15) is 47.2 Å². The average Bonchev–Trinajstić information content (AvgIpc) is 3.53. The van der Waals surface area contributed by atoms with Gasteiger partial charge in [-0.3, -0.25) is 4.79 Å². The molecule has 2 fully saturated rings. The highest BCUT2D eigenvalue weighted by atomic mass is 32.2. The highest BCUT2D eigenvalue weighted by Crippen LogP contribution is 2.26. The number of aryl methyl sites for hydroxylation is 2. The number of carbonyl (C=O) groups excluding carboxylic acids is 1. The summed E-state index contributed by atoms with van der Waals surface area (Å²) in [7, 11) is -3.64. The molecule has 0 bridgehead atoms. The van der Waals surface area contributed by atoms with Crippen LogP contribution in [-0.2, 0) is 10.0 Å². The second-order valence-corrected chi connectivity index (χ2v) is 10.3. The Labute approximate surface area is 182 Å². The Kier molecular flexibility index (Phi) is 6.03. The van der Waals surface area contributed by atoms with Gasteiger partial charge in [-0.2, -0.15) is 0 Å². The van der Waals surface area contributed by atoms with Crippen LogP contribution in [0, 0.1) is 19.7 Å². The summed E-state index contributed by atoms with van der Waals surface area (Å²) in [5.74, 6) is -0.577. The minimum absolute atomic E-state index is 0.00109. The summed E-state index contributed by atoms with van der Waals surface area (Å²) in [5.41, 5.74) is 2.59. The van der Waals surface area contributed by atoms with E-state index in [1.165, 1.54) is 18.2 Å². The van der Waals surface area contributed by atoms with E-state index in [1.807, 2.05) is 17.9 Å². The van der Waals surface area contributed by atoms with Crippen molar-refractivity contribution in [1.29, 1.82) is 0 Å². The number of hydrogen-bond donors (Lipinski definition) is 2. The van der Waals surface area contributed by atoms with E-state index >= 15 is 0 Å². The molecule has 2 aliphatic rings. The molecule has 2 N–H and O–H groups in total. The highest BCUT2D eigenvalue weighted by molar-refractivity contribution is 7.89.